The molecule has 0 aliphatic heterocycles. The summed E-state index contributed by atoms with van der Waals surface area (Å²) in [5.74, 6) is 0.358. The van der Waals surface area contributed by atoms with Gasteiger partial charge in [-0.2, -0.15) is 0 Å². The number of carbonyl (C=O) groups is 1. The Labute approximate surface area is 161 Å². The molecule has 0 atom stereocenters. The summed E-state index contributed by atoms with van der Waals surface area (Å²) in [5.41, 5.74) is 2.32. The number of nitrogens with zero attached hydrogens (tertiary/aromatic N) is 1. The fraction of sp³-hybridized carbons (Fsp3) is 0.200. The van der Waals surface area contributed by atoms with E-state index < -0.39 is 0 Å². The van der Waals surface area contributed by atoms with Crippen LogP contribution >= 0.6 is 23.2 Å². The van der Waals surface area contributed by atoms with Gasteiger partial charge in [0, 0.05) is 22.0 Å². The number of carbonyl (C=O) groups excluding carboxylic acids is 1. The highest BCUT2D eigenvalue weighted by atomic mass is 35.5. The molecule has 3 rings (SSSR count). The van der Waals surface area contributed by atoms with E-state index in [0.29, 0.717) is 35.1 Å². The summed E-state index contributed by atoms with van der Waals surface area (Å²) in [6.07, 6.45) is 0.0998. The molecule has 2 aromatic carbocycles. The highest BCUT2D eigenvalue weighted by Gasteiger charge is 2.11. The maximum absolute atomic E-state index is 11.7. The van der Waals surface area contributed by atoms with Gasteiger partial charge >= 0.3 is 5.97 Å². The Balaban J connectivity index is 1.77. The number of halogens is 2. The molecule has 1 heterocycles. The van der Waals surface area contributed by atoms with Crippen LogP contribution in [0.3, 0.4) is 0 Å². The lowest BCUT2D eigenvalue weighted by atomic mass is 10.1. The number of fused-ring (bicyclic) bond motifs is 1. The molecule has 3 aromatic rings. The third kappa shape index (κ3) is 4.65. The summed E-state index contributed by atoms with van der Waals surface area (Å²) < 4.78 is 10.8. The van der Waals surface area contributed by atoms with Crippen LogP contribution in [-0.4, -0.2) is 17.6 Å². The number of pyridine rings is 1. The van der Waals surface area contributed by atoms with Crippen LogP contribution in [0.25, 0.3) is 10.9 Å². The van der Waals surface area contributed by atoms with Gasteiger partial charge in [-0.1, -0.05) is 35.3 Å². The van der Waals surface area contributed by atoms with Gasteiger partial charge in [0.25, 0.3) is 0 Å². The van der Waals surface area contributed by atoms with Crippen molar-refractivity contribution in [1.82, 2.24) is 4.98 Å². The molecule has 0 spiro atoms. The molecule has 0 radical (unpaired) electrons. The van der Waals surface area contributed by atoms with Crippen molar-refractivity contribution in [2.45, 2.75) is 20.0 Å². The molecule has 0 saturated heterocycles. The summed E-state index contributed by atoms with van der Waals surface area (Å²) in [7, 11) is 0. The molecule has 0 aliphatic carbocycles. The van der Waals surface area contributed by atoms with Crippen molar-refractivity contribution in [2.75, 3.05) is 6.61 Å². The summed E-state index contributed by atoms with van der Waals surface area (Å²) in [4.78, 5) is 16.0. The number of benzene rings is 2. The van der Waals surface area contributed by atoms with E-state index in [1.165, 1.54) is 0 Å². The Morgan fingerprint density at radius 2 is 1.96 bits per heavy atom. The fourth-order valence-corrected chi connectivity index (χ4v) is 2.97. The van der Waals surface area contributed by atoms with Crippen molar-refractivity contribution in [3.05, 3.63) is 69.8 Å². The largest absolute Gasteiger partial charge is 0.489 e. The summed E-state index contributed by atoms with van der Waals surface area (Å²) in [6.45, 7) is 2.51. The lowest BCUT2D eigenvalue weighted by Crippen LogP contribution is -2.08. The van der Waals surface area contributed by atoms with Crippen molar-refractivity contribution >= 4 is 40.1 Å². The molecular formula is C20H17Cl2NO3. The Morgan fingerprint density at radius 3 is 2.73 bits per heavy atom. The predicted molar refractivity (Wildman–Crippen MR) is 103 cm³/mol. The molecule has 0 bridgehead atoms. The van der Waals surface area contributed by atoms with E-state index in [-0.39, 0.29) is 17.5 Å². The quantitative estimate of drug-likeness (QED) is 0.427. The van der Waals surface area contributed by atoms with E-state index in [1.807, 2.05) is 48.5 Å². The number of hydrogen-bond donors (Lipinski definition) is 0. The summed E-state index contributed by atoms with van der Waals surface area (Å²) in [6, 6.07) is 14.9. The van der Waals surface area contributed by atoms with Gasteiger partial charge < -0.3 is 9.47 Å². The smallest absolute Gasteiger partial charge is 0.310 e. The monoisotopic (exact) mass is 389 g/mol. The first-order valence-corrected chi connectivity index (χ1v) is 8.93. The van der Waals surface area contributed by atoms with Crippen LogP contribution in [0.2, 0.25) is 10.2 Å². The van der Waals surface area contributed by atoms with E-state index in [4.69, 9.17) is 32.7 Å². The van der Waals surface area contributed by atoms with Crippen LogP contribution in [0.4, 0.5) is 0 Å². The second kappa shape index (κ2) is 8.39. The minimum absolute atomic E-state index is 0.0998. The molecule has 0 amide bonds. The van der Waals surface area contributed by atoms with Crippen LogP contribution in [0.1, 0.15) is 18.1 Å². The molecule has 6 heteroatoms. The second-order valence-electron chi connectivity index (χ2n) is 5.69. The van der Waals surface area contributed by atoms with Crippen molar-refractivity contribution in [3.63, 3.8) is 0 Å². The summed E-state index contributed by atoms with van der Waals surface area (Å²) in [5, 5.41) is 1.84. The number of ether oxygens (including phenoxy) is 2. The third-order valence-electron chi connectivity index (χ3n) is 3.75. The van der Waals surface area contributed by atoms with Crippen molar-refractivity contribution < 1.29 is 14.3 Å². The molecule has 0 fully saturated rings. The number of aromatic nitrogens is 1. The molecular weight excluding hydrogens is 373 g/mol. The number of esters is 1. The van der Waals surface area contributed by atoms with Crippen molar-refractivity contribution in [3.8, 4) is 5.75 Å². The maximum atomic E-state index is 11.7. The zero-order chi connectivity index (χ0) is 18.5. The first-order chi connectivity index (χ1) is 12.5. The average Bonchev–Trinajstić information content (AvgIpc) is 2.61. The van der Waals surface area contributed by atoms with Gasteiger partial charge in [0.2, 0.25) is 0 Å². The predicted octanol–water partition coefficient (Wildman–Crippen LogP) is 5.23. The Bertz CT molecular complexity index is 943. The van der Waals surface area contributed by atoms with Gasteiger partial charge in [0.05, 0.1) is 18.5 Å². The van der Waals surface area contributed by atoms with Crippen LogP contribution in [-0.2, 0) is 22.6 Å². The molecule has 26 heavy (non-hydrogen) atoms. The van der Waals surface area contributed by atoms with E-state index in [2.05, 4.69) is 4.98 Å². The SMILES string of the molecule is CCOC(=O)Cc1cc2ccc(OCc3cccc(Cl)c3)cc2nc1Cl. The van der Waals surface area contributed by atoms with E-state index >= 15 is 0 Å². The van der Waals surface area contributed by atoms with Gasteiger partial charge in [0.15, 0.2) is 0 Å². The molecule has 0 saturated carbocycles. The van der Waals surface area contributed by atoms with Crippen molar-refractivity contribution in [1.29, 1.82) is 0 Å². The standard InChI is InChI=1S/C20H17Cl2NO3/c1-2-25-19(24)10-15-9-14-6-7-17(11-18(14)23-20(15)22)26-12-13-4-3-5-16(21)8-13/h3-9,11H,2,10,12H2,1H3. The molecule has 1 aromatic heterocycles. The van der Waals surface area contributed by atoms with Crippen LogP contribution in [0.15, 0.2) is 48.5 Å². The lowest BCUT2D eigenvalue weighted by molar-refractivity contribution is -0.142. The average molecular weight is 390 g/mol. The Hall–Kier alpha value is -2.30. The zero-order valence-electron chi connectivity index (χ0n) is 14.2. The molecule has 134 valence electrons. The Morgan fingerprint density at radius 1 is 1.12 bits per heavy atom. The Kier molecular flexibility index (Phi) is 5.96. The van der Waals surface area contributed by atoms with E-state index in [1.54, 1.807) is 6.92 Å². The van der Waals surface area contributed by atoms with Gasteiger partial charge in [-0.25, -0.2) is 4.98 Å². The number of hydrogen-bond acceptors (Lipinski definition) is 4. The minimum Gasteiger partial charge on any atom is -0.489 e. The zero-order valence-corrected chi connectivity index (χ0v) is 15.7. The molecule has 0 unspecified atom stereocenters. The fourth-order valence-electron chi connectivity index (χ4n) is 2.54. The number of rotatable bonds is 6. The van der Waals surface area contributed by atoms with Gasteiger partial charge in [-0.15, -0.1) is 0 Å². The summed E-state index contributed by atoms with van der Waals surface area (Å²) >= 11 is 12.2. The lowest BCUT2D eigenvalue weighted by Gasteiger charge is -2.09. The normalized spacial score (nSPS) is 10.7. The third-order valence-corrected chi connectivity index (χ3v) is 4.31. The highest BCUT2D eigenvalue weighted by molar-refractivity contribution is 6.31. The van der Waals surface area contributed by atoms with Gasteiger partial charge in [0.1, 0.15) is 17.5 Å². The van der Waals surface area contributed by atoms with E-state index in [0.717, 1.165) is 10.9 Å². The molecule has 0 N–H and O–H groups in total. The maximum Gasteiger partial charge on any atom is 0.310 e. The topological polar surface area (TPSA) is 48.4 Å². The molecule has 4 nitrogen and oxygen atoms in total. The van der Waals surface area contributed by atoms with Crippen LogP contribution < -0.4 is 4.74 Å². The second-order valence-corrected chi connectivity index (χ2v) is 6.49. The van der Waals surface area contributed by atoms with Gasteiger partial charge in [-0.05, 0) is 42.8 Å². The first kappa shape index (κ1) is 18.5. The van der Waals surface area contributed by atoms with Gasteiger partial charge in [-0.3, -0.25) is 4.79 Å². The minimum atomic E-state index is -0.322. The molecule has 0 aliphatic rings. The van der Waals surface area contributed by atoms with Crippen LogP contribution in [0.5, 0.6) is 5.75 Å². The van der Waals surface area contributed by atoms with Crippen LogP contribution in [0, 0.1) is 0 Å². The van der Waals surface area contributed by atoms with E-state index in [9.17, 15) is 4.79 Å². The first-order valence-electron chi connectivity index (χ1n) is 8.17. The van der Waals surface area contributed by atoms with Crippen molar-refractivity contribution in [2.24, 2.45) is 0 Å². The highest BCUT2D eigenvalue weighted by Crippen LogP contribution is 2.25.